The monoisotopic (exact) mass is 325 g/mol. The Morgan fingerprint density at radius 3 is 2.62 bits per heavy atom. The first kappa shape index (κ1) is 16.5. The van der Waals surface area contributed by atoms with Gasteiger partial charge in [0.05, 0.1) is 0 Å². The maximum atomic E-state index is 12.2. The average molecular weight is 325 g/mol. The zero-order valence-corrected chi connectivity index (χ0v) is 14.2. The summed E-state index contributed by atoms with van der Waals surface area (Å²) in [5.74, 6) is 0.0236. The van der Waals surface area contributed by atoms with Crippen molar-refractivity contribution in [2.24, 2.45) is 0 Å². The first-order valence-corrected chi connectivity index (χ1v) is 8.34. The highest BCUT2D eigenvalue weighted by atomic mass is 16.1. The summed E-state index contributed by atoms with van der Waals surface area (Å²) >= 11 is 0. The number of fused-ring (bicyclic) bond motifs is 1. The molecule has 1 aromatic carbocycles. The number of aromatic nitrogens is 1. The van der Waals surface area contributed by atoms with Crippen molar-refractivity contribution in [1.29, 1.82) is 0 Å². The van der Waals surface area contributed by atoms with Crippen molar-refractivity contribution in [3.63, 3.8) is 0 Å². The molecule has 0 aliphatic carbocycles. The highest BCUT2D eigenvalue weighted by molar-refractivity contribution is 5.95. The number of hydrogen-bond donors (Lipinski definition) is 1. The Morgan fingerprint density at radius 1 is 1.17 bits per heavy atom. The van der Waals surface area contributed by atoms with Crippen LogP contribution in [0.4, 0.5) is 5.69 Å². The number of carbonyl (C=O) groups excluding carboxylic acids is 2. The molecule has 5 heteroatoms. The summed E-state index contributed by atoms with van der Waals surface area (Å²) in [5.41, 5.74) is 2.69. The highest BCUT2D eigenvalue weighted by Gasteiger charge is 2.23. The molecule has 1 N–H and O–H groups in total. The summed E-state index contributed by atoms with van der Waals surface area (Å²) < 4.78 is 2.28. The topological polar surface area (TPSA) is 54.3 Å². The first-order valence-electron chi connectivity index (χ1n) is 8.34. The van der Waals surface area contributed by atoms with E-state index < -0.39 is 0 Å². The van der Waals surface area contributed by atoms with Gasteiger partial charge in [0, 0.05) is 55.2 Å². The fourth-order valence-corrected chi connectivity index (χ4v) is 3.19. The van der Waals surface area contributed by atoms with E-state index >= 15 is 0 Å². The summed E-state index contributed by atoms with van der Waals surface area (Å²) in [4.78, 5) is 25.8. The minimum atomic E-state index is -0.00117. The lowest BCUT2D eigenvalue weighted by Crippen LogP contribution is -2.38. The molecule has 1 amide bonds. The van der Waals surface area contributed by atoms with Gasteiger partial charge in [-0.25, -0.2) is 0 Å². The van der Waals surface area contributed by atoms with Gasteiger partial charge in [0.15, 0.2) is 5.78 Å². The molecule has 0 saturated carbocycles. The lowest BCUT2D eigenvalue weighted by molar-refractivity contribution is -0.116. The number of nitrogens with zero attached hydrogens (tertiary/aromatic N) is 2. The van der Waals surface area contributed by atoms with E-state index in [1.807, 2.05) is 0 Å². The zero-order valence-electron chi connectivity index (χ0n) is 14.2. The van der Waals surface area contributed by atoms with Crippen LogP contribution < -0.4 is 5.32 Å². The van der Waals surface area contributed by atoms with Crippen LogP contribution in [0.15, 0.2) is 42.6 Å². The van der Waals surface area contributed by atoms with E-state index in [0.717, 1.165) is 25.3 Å². The largest absolute Gasteiger partial charge is 0.349 e. The van der Waals surface area contributed by atoms with E-state index in [4.69, 9.17) is 0 Å². The fourth-order valence-electron chi connectivity index (χ4n) is 3.19. The Balaban J connectivity index is 1.52. The second-order valence-electron chi connectivity index (χ2n) is 6.27. The SMILES string of the molecule is CC(=O)c1ccc(NC(=O)CCN2CCn3cccc3C2C)cc1. The van der Waals surface area contributed by atoms with E-state index in [1.54, 1.807) is 24.3 Å². The molecule has 1 aliphatic rings. The van der Waals surface area contributed by atoms with Crippen molar-refractivity contribution in [2.75, 3.05) is 18.4 Å². The molecule has 0 spiro atoms. The number of anilines is 1. The number of hydrogen-bond acceptors (Lipinski definition) is 3. The Bertz CT molecular complexity index is 733. The average Bonchev–Trinajstić information content (AvgIpc) is 3.04. The van der Waals surface area contributed by atoms with Crippen molar-refractivity contribution in [1.82, 2.24) is 9.47 Å². The molecule has 1 aliphatic heterocycles. The summed E-state index contributed by atoms with van der Waals surface area (Å²) in [6.45, 7) is 6.39. The smallest absolute Gasteiger partial charge is 0.225 e. The normalized spacial score (nSPS) is 17.3. The van der Waals surface area contributed by atoms with Crippen molar-refractivity contribution in [2.45, 2.75) is 32.9 Å². The second-order valence-corrected chi connectivity index (χ2v) is 6.27. The Kier molecular flexibility index (Phi) is 4.81. The van der Waals surface area contributed by atoms with Gasteiger partial charge in [-0.3, -0.25) is 14.5 Å². The molecular formula is C19H23N3O2. The molecule has 0 bridgehead atoms. The van der Waals surface area contributed by atoms with Crippen LogP contribution in [0.1, 0.15) is 42.4 Å². The van der Waals surface area contributed by atoms with Crippen molar-refractivity contribution in [3.8, 4) is 0 Å². The number of nitrogens with one attached hydrogen (secondary N) is 1. The number of rotatable bonds is 5. The van der Waals surface area contributed by atoms with Crippen LogP contribution in [0, 0.1) is 0 Å². The van der Waals surface area contributed by atoms with Gasteiger partial charge in [-0.2, -0.15) is 0 Å². The molecule has 0 fully saturated rings. The van der Waals surface area contributed by atoms with Gasteiger partial charge >= 0.3 is 0 Å². The third-order valence-corrected chi connectivity index (χ3v) is 4.67. The van der Waals surface area contributed by atoms with Crippen molar-refractivity contribution in [3.05, 3.63) is 53.9 Å². The molecule has 0 saturated heterocycles. The van der Waals surface area contributed by atoms with Gasteiger partial charge < -0.3 is 9.88 Å². The van der Waals surface area contributed by atoms with Gasteiger partial charge in [0.2, 0.25) is 5.91 Å². The molecule has 1 unspecified atom stereocenters. The van der Waals surface area contributed by atoms with E-state index in [2.05, 4.69) is 40.0 Å². The van der Waals surface area contributed by atoms with Gasteiger partial charge in [0.1, 0.15) is 0 Å². The summed E-state index contributed by atoms with van der Waals surface area (Å²) in [6, 6.07) is 11.6. The molecule has 0 radical (unpaired) electrons. The van der Waals surface area contributed by atoms with E-state index in [1.165, 1.54) is 12.6 Å². The molecule has 1 aromatic heterocycles. The number of ketones is 1. The molecular weight excluding hydrogens is 302 g/mol. The quantitative estimate of drug-likeness (QED) is 0.860. The van der Waals surface area contributed by atoms with Gasteiger partial charge in [0.25, 0.3) is 0 Å². The maximum Gasteiger partial charge on any atom is 0.225 e. The Morgan fingerprint density at radius 2 is 1.92 bits per heavy atom. The number of carbonyl (C=O) groups is 2. The lowest BCUT2D eigenvalue weighted by Gasteiger charge is -2.34. The Labute approximate surface area is 142 Å². The lowest BCUT2D eigenvalue weighted by atomic mass is 10.1. The first-order chi connectivity index (χ1) is 11.5. The fraction of sp³-hybridized carbons (Fsp3) is 0.368. The van der Waals surface area contributed by atoms with Gasteiger partial charge in [-0.1, -0.05) is 0 Å². The standard InChI is InChI=1S/C19H23N3O2/c1-14-18-4-3-10-22(18)13-12-21(14)11-9-19(24)20-17-7-5-16(6-8-17)15(2)23/h3-8,10,14H,9,11-13H2,1-2H3,(H,20,24). The van der Waals surface area contributed by atoms with Crippen molar-refractivity contribution >= 4 is 17.4 Å². The summed E-state index contributed by atoms with van der Waals surface area (Å²) in [7, 11) is 0. The van der Waals surface area contributed by atoms with Crippen molar-refractivity contribution < 1.29 is 9.59 Å². The predicted molar refractivity (Wildman–Crippen MR) is 94.1 cm³/mol. The third-order valence-electron chi connectivity index (χ3n) is 4.67. The van der Waals surface area contributed by atoms with Gasteiger partial charge in [-0.05, 0) is 50.2 Å². The van der Waals surface area contributed by atoms with E-state index in [0.29, 0.717) is 18.0 Å². The Hall–Kier alpha value is -2.40. The minimum Gasteiger partial charge on any atom is -0.349 e. The van der Waals surface area contributed by atoms with Gasteiger partial charge in [-0.15, -0.1) is 0 Å². The number of amides is 1. The number of Topliss-reactive ketones (excluding diaryl/α,β-unsaturated/α-hetero) is 1. The van der Waals surface area contributed by atoms with Crippen LogP contribution >= 0.6 is 0 Å². The molecule has 126 valence electrons. The van der Waals surface area contributed by atoms with Crippen LogP contribution in [-0.2, 0) is 11.3 Å². The van der Waals surface area contributed by atoms with Crippen LogP contribution in [0.3, 0.4) is 0 Å². The molecule has 1 atom stereocenters. The van der Waals surface area contributed by atoms with Crippen LogP contribution in [-0.4, -0.2) is 34.2 Å². The van der Waals surface area contributed by atoms with Crippen LogP contribution in [0.2, 0.25) is 0 Å². The van der Waals surface area contributed by atoms with E-state index in [9.17, 15) is 9.59 Å². The molecule has 2 heterocycles. The molecule has 2 aromatic rings. The van der Waals surface area contributed by atoms with Crippen LogP contribution in [0.5, 0.6) is 0 Å². The van der Waals surface area contributed by atoms with E-state index in [-0.39, 0.29) is 11.7 Å². The van der Waals surface area contributed by atoms with Crippen LogP contribution in [0.25, 0.3) is 0 Å². The maximum absolute atomic E-state index is 12.2. The predicted octanol–water partition coefficient (Wildman–Crippen LogP) is 3.10. The molecule has 5 nitrogen and oxygen atoms in total. The zero-order chi connectivity index (χ0) is 17.1. The molecule has 24 heavy (non-hydrogen) atoms. The summed E-state index contributed by atoms with van der Waals surface area (Å²) in [6.07, 6.45) is 2.57. The minimum absolute atomic E-state index is 0.00117. The third kappa shape index (κ3) is 3.57. The molecule has 3 rings (SSSR count). The number of benzene rings is 1. The summed E-state index contributed by atoms with van der Waals surface area (Å²) in [5, 5.41) is 2.89. The second kappa shape index (κ2) is 7.01. The highest BCUT2D eigenvalue weighted by Crippen LogP contribution is 2.25.